The van der Waals surface area contributed by atoms with Crippen molar-refractivity contribution in [3.05, 3.63) is 23.2 Å². The van der Waals surface area contributed by atoms with Gasteiger partial charge in [0.25, 0.3) is 0 Å². The van der Waals surface area contributed by atoms with Gasteiger partial charge >= 0.3 is 5.97 Å². The molecular formula is C15H21NO4. The average Bonchev–Trinajstić information content (AvgIpc) is 2.93. The molecule has 1 heterocycles. The van der Waals surface area contributed by atoms with Gasteiger partial charge in [-0.05, 0) is 31.2 Å². The van der Waals surface area contributed by atoms with Gasteiger partial charge in [0.05, 0.1) is 6.54 Å². The Morgan fingerprint density at radius 3 is 2.65 bits per heavy atom. The summed E-state index contributed by atoms with van der Waals surface area (Å²) in [4.78, 5) is 24.9. The molecule has 0 spiro atoms. The smallest absolute Gasteiger partial charge is 0.339 e. The van der Waals surface area contributed by atoms with Gasteiger partial charge in [0.15, 0.2) is 0 Å². The molecular weight excluding hydrogens is 258 g/mol. The van der Waals surface area contributed by atoms with Crippen molar-refractivity contribution in [2.24, 2.45) is 11.3 Å². The predicted molar refractivity (Wildman–Crippen MR) is 73.4 cm³/mol. The summed E-state index contributed by atoms with van der Waals surface area (Å²) in [6.45, 7) is 6.15. The summed E-state index contributed by atoms with van der Waals surface area (Å²) < 4.78 is 5.40. The van der Waals surface area contributed by atoms with Gasteiger partial charge in [0, 0.05) is 13.0 Å². The molecule has 0 aromatic carbocycles. The van der Waals surface area contributed by atoms with Crippen molar-refractivity contribution < 1.29 is 19.1 Å². The van der Waals surface area contributed by atoms with E-state index in [1.807, 2.05) is 0 Å². The molecule has 0 radical (unpaired) electrons. The van der Waals surface area contributed by atoms with Crippen LogP contribution in [0.1, 0.15) is 48.6 Å². The van der Waals surface area contributed by atoms with Gasteiger partial charge in [-0.25, -0.2) is 4.79 Å². The molecule has 20 heavy (non-hydrogen) atoms. The minimum atomic E-state index is -1.01. The van der Waals surface area contributed by atoms with E-state index in [0.717, 1.165) is 12.8 Å². The molecule has 5 heteroatoms. The number of rotatable bonds is 5. The van der Waals surface area contributed by atoms with Crippen LogP contribution in [0.5, 0.6) is 0 Å². The molecule has 0 aliphatic heterocycles. The number of amides is 1. The van der Waals surface area contributed by atoms with Crippen LogP contribution in [0.3, 0.4) is 0 Å². The van der Waals surface area contributed by atoms with Crippen LogP contribution in [-0.4, -0.2) is 28.9 Å². The molecule has 1 fully saturated rings. The van der Waals surface area contributed by atoms with Crippen LogP contribution in [0.2, 0.25) is 0 Å². The highest BCUT2D eigenvalue weighted by molar-refractivity contribution is 5.88. The Bertz CT molecular complexity index is 548. The van der Waals surface area contributed by atoms with E-state index in [4.69, 9.17) is 9.52 Å². The first-order valence-electron chi connectivity index (χ1n) is 6.86. The zero-order valence-electron chi connectivity index (χ0n) is 12.4. The van der Waals surface area contributed by atoms with Crippen molar-refractivity contribution >= 4 is 11.9 Å². The molecule has 5 nitrogen and oxygen atoms in total. The van der Waals surface area contributed by atoms with Crippen LogP contribution in [-0.2, 0) is 11.3 Å². The topological polar surface area (TPSA) is 70.8 Å². The van der Waals surface area contributed by atoms with E-state index in [1.54, 1.807) is 18.9 Å². The zero-order valence-corrected chi connectivity index (χ0v) is 12.4. The number of carbonyl (C=O) groups is 2. The van der Waals surface area contributed by atoms with E-state index in [2.05, 4.69) is 13.8 Å². The van der Waals surface area contributed by atoms with Gasteiger partial charge < -0.3 is 14.4 Å². The fourth-order valence-corrected chi connectivity index (χ4v) is 2.60. The van der Waals surface area contributed by atoms with E-state index in [9.17, 15) is 9.59 Å². The van der Waals surface area contributed by atoms with Gasteiger partial charge in [0.1, 0.15) is 17.1 Å². The van der Waals surface area contributed by atoms with Gasteiger partial charge in [-0.3, -0.25) is 4.79 Å². The van der Waals surface area contributed by atoms with Gasteiger partial charge in [-0.1, -0.05) is 13.8 Å². The Morgan fingerprint density at radius 1 is 1.55 bits per heavy atom. The number of carboxylic acid groups (broad SMARTS) is 1. The van der Waals surface area contributed by atoms with Gasteiger partial charge in [-0.2, -0.15) is 0 Å². The number of nitrogens with zero attached hydrogens (tertiary/aromatic N) is 1. The van der Waals surface area contributed by atoms with Gasteiger partial charge in [-0.15, -0.1) is 0 Å². The number of furan rings is 1. The second kappa shape index (κ2) is 4.96. The van der Waals surface area contributed by atoms with Crippen molar-refractivity contribution in [3.8, 4) is 0 Å². The van der Waals surface area contributed by atoms with Crippen molar-refractivity contribution in [3.63, 3.8) is 0 Å². The molecule has 110 valence electrons. The maximum Gasteiger partial charge on any atom is 0.339 e. The van der Waals surface area contributed by atoms with Crippen molar-refractivity contribution in [2.75, 3.05) is 7.05 Å². The highest BCUT2D eigenvalue weighted by Gasteiger charge is 2.53. The lowest BCUT2D eigenvalue weighted by Gasteiger charge is -2.17. The molecule has 1 saturated carbocycles. The van der Waals surface area contributed by atoms with Crippen LogP contribution in [0, 0.1) is 18.3 Å². The Morgan fingerprint density at radius 2 is 2.20 bits per heavy atom. The largest absolute Gasteiger partial charge is 0.478 e. The summed E-state index contributed by atoms with van der Waals surface area (Å²) in [6, 6.07) is 1.49. The molecule has 2 rings (SSSR count). The molecule has 0 bridgehead atoms. The third kappa shape index (κ3) is 2.57. The number of hydrogen-bond donors (Lipinski definition) is 1. The molecule has 1 aliphatic rings. The number of aryl methyl sites for hydroxylation is 1. The Labute approximate surface area is 118 Å². The summed E-state index contributed by atoms with van der Waals surface area (Å²) in [5.74, 6) is 0.0766. The zero-order chi connectivity index (χ0) is 15.1. The third-order valence-corrected chi connectivity index (χ3v) is 4.43. The lowest BCUT2D eigenvalue weighted by atomic mass is 10.0. The minimum absolute atomic E-state index is 0.0903. The molecule has 1 aliphatic carbocycles. The van der Waals surface area contributed by atoms with E-state index in [0.29, 0.717) is 18.1 Å². The molecule has 2 unspecified atom stereocenters. The van der Waals surface area contributed by atoms with Crippen LogP contribution in [0.15, 0.2) is 10.5 Å². The fourth-order valence-electron chi connectivity index (χ4n) is 2.60. The van der Waals surface area contributed by atoms with Crippen molar-refractivity contribution in [2.45, 2.75) is 40.2 Å². The summed E-state index contributed by atoms with van der Waals surface area (Å²) >= 11 is 0. The van der Waals surface area contributed by atoms with Crippen LogP contribution in [0.25, 0.3) is 0 Å². The number of carboxylic acids is 1. The molecule has 1 aromatic rings. The lowest BCUT2D eigenvalue weighted by molar-refractivity contribution is -0.132. The molecule has 1 aromatic heterocycles. The van der Waals surface area contributed by atoms with Gasteiger partial charge in [0.2, 0.25) is 5.91 Å². The first-order valence-corrected chi connectivity index (χ1v) is 6.86. The molecule has 2 atom stereocenters. The van der Waals surface area contributed by atoms with Crippen LogP contribution < -0.4 is 0 Å². The predicted octanol–water partition coefficient (Wildman–Crippen LogP) is 2.68. The number of hydrogen-bond acceptors (Lipinski definition) is 3. The van der Waals surface area contributed by atoms with Crippen LogP contribution in [0.4, 0.5) is 0 Å². The molecule has 1 amide bonds. The standard InChI is InChI=1S/C15H21NO4/c1-5-15(3)7-12(15)13(17)16(4)8-10-6-11(14(18)19)9(2)20-10/h6,12H,5,7-8H2,1-4H3,(H,18,19). The summed E-state index contributed by atoms with van der Waals surface area (Å²) in [7, 11) is 1.73. The highest BCUT2D eigenvalue weighted by atomic mass is 16.4. The Balaban J connectivity index is 2.02. The summed E-state index contributed by atoms with van der Waals surface area (Å²) in [5, 5.41) is 8.98. The summed E-state index contributed by atoms with van der Waals surface area (Å²) in [6.07, 6.45) is 1.94. The SMILES string of the molecule is CCC1(C)CC1C(=O)N(C)Cc1cc(C(=O)O)c(C)o1. The second-order valence-corrected chi connectivity index (χ2v) is 5.95. The van der Waals surface area contributed by atoms with Crippen molar-refractivity contribution in [1.29, 1.82) is 0 Å². The fraction of sp³-hybridized carbons (Fsp3) is 0.600. The maximum absolute atomic E-state index is 12.3. The van der Waals surface area contributed by atoms with E-state index < -0.39 is 5.97 Å². The maximum atomic E-state index is 12.3. The first kappa shape index (κ1) is 14.6. The highest BCUT2D eigenvalue weighted by Crippen LogP contribution is 2.55. The van der Waals surface area contributed by atoms with E-state index in [1.165, 1.54) is 6.07 Å². The van der Waals surface area contributed by atoms with Crippen molar-refractivity contribution in [1.82, 2.24) is 4.90 Å². The van der Waals surface area contributed by atoms with E-state index in [-0.39, 0.29) is 22.8 Å². The number of aromatic carboxylic acids is 1. The molecule has 0 saturated heterocycles. The average molecular weight is 279 g/mol. The Kier molecular flexibility index (Phi) is 3.63. The monoisotopic (exact) mass is 279 g/mol. The normalized spacial score (nSPS) is 24.5. The lowest BCUT2D eigenvalue weighted by Crippen LogP contribution is -2.29. The second-order valence-electron chi connectivity index (χ2n) is 5.95. The minimum Gasteiger partial charge on any atom is -0.478 e. The van der Waals surface area contributed by atoms with Crippen LogP contribution >= 0.6 is 0 Å². The summed E-state index contributed by atoms with van der Waals surface area (Å²) in [5.41, 5.74) is 0.294. The first-order chi connectivity index (χ1) is 9.28. The number of carbonyl (C=O) groups excluding carboxylic acids is 1. The molecule has 1 N–H and O–H groups in total. The van der Waals surface area contributed by atoms with E-state index >= 15 is 0 Å². The quantitative estimate of drug-likeness (QED) is 0.899. The Hall–Kier alpha value is -1.78. The third-order valence-electron chi connectivity index (χ3n) is 4.43.